The smallest absolute Gasteiger partial charge is 0.288 e. The number of nitrogens with one attached hydrogen (secondary N) is 1. The van der Waals surface area contributed by atoms with Crippen molar-refractivity contribution in [1.82, 2.24) is 4.90 Å². The minimum atomic E-state index is -2.49. The number of aliphatic imine (C=N–C) groups is 1. The highest BCUT2D eigenvalue weighted by atomic mass is 32.2. The fourth-order valence-electron chi connectivity index (χ4n) is 3.34. The van der Waals surface area contributed by atoms with E-state index in [0.29, 0.717) is 38.8 Å². The molecule has 1 aliphatic carbocycles. The second kappa shape index (κ2) is 10.0. The van der Waals surface area contributed by atoms with Crippen molar-refractivity contribution in [2.24, 2.45) is 4.99 Å². The molecule has 2 fully saturated rings. The lowest BCUT2D eigenvalue weighted by Gasteiger charge is -2.15. The van der Waals surface area contributed by atoms with Crippen LogP contribution in [0, 0.1) is 0 Å². The van der Waals surface area contributed by atoms with Crippen LogP contribution in [0.5, 0.6) is 0 Å². The van der Waals surface area contributed by atoms with E-state index >= 15 is 0 Å². The van der Waals surface area contributed by atoms with Gasteiger partial charge in [-0.1, -0.05) is 23.5 Å². The minimum Gasteiger partial charge on any atom is -0.326 e. The second-order valence-electron chi connectivity index (χ2n) is 7.70. The van der Waals surface area contributed by atoms with Crippen LogP contribution in [-0.4, -0.2) is 44.7 Å². The molecule has 4 rings (SSSR count). The Hall–Kier alpha value is -2.72. The number of halogens is 2. The monoisotopic (exact) mass is 489 g/mol. The Morgan fingerprint density at radius 1 is 1.15 bits per heavy atom. The van der Waals surface area contributed by atoms with Gasteiger partial charge >= 0.3 is 0 Å². The number of amides is 2. The van der Waals surface area contributed by atoms with Crippen LogP contribution in [-0.2, 0) is 9.59 Å². The molecule has 1 heterocycles. The quantitative estimate of drug-likeness (QED) is 0.401. The summed E-state index contributed by atoms with van der Waals surface area (Å²) in [5.41, 5.74) is 1.66. The number of hydrogen-bond donors (Lipinski definition) is 1. The van der Waals surface area contributed by atoms with Crippen molar-refractivity contribution < 1.29 is 23.2 Å². The van der Waals surface area contributed by atoms with Crippen molar-refractivity contribution in [3.63, 3.8) is 0 Å². The van der Waals surface area contributed by atoms with E-state index in [0.717, 1.165) is 12.8 Å². The van der Waals surface area contributed by atoms with Gasteiger partial charge in [0.2, 0.25) is 11.8 Å². The number of ketones is 1. The highest BCUT2D eigenvalue weighted by Crippen LogP contribution is 2.39. The van der Waals surface area contributed by atoms with Gasteiger partial charge in [-0.25, -0.2) is 4.99 Å². The molecule has 1 N–H and O–H groups in total. The van der Waals surface area contributed by atoms with Crippen molar-refractivity contribution in [3.8, 4) is 0 Å². The van der Waals surface area contributed by atoms with Crippen LogP contribution in [0.3, 0.4) is 0 Å². The van der Waals surface area contributed by atoms with Crippen molar-refractivity contribution in [1.29, 1.82) is 0 Å². The Kier molecular flexibility index (Phi) is 7.14. The number of benzene rings is 2. The van der Waals surface area contributed by atoms with E-state index in [4.69, 9.17) is 0 Å². The molecule has 1 saturated heterocycles. The van der Waals surface area contributed by atoms with Gasteiger partial charge in [-0.05, 0) is 68.3 Å². The summed E-state index contributed by atoms with van der Waals surface area (Å²) in [6.07, 6.45) is 1.76. The van der Waals surface area contributed by atoms with Gasteiger partial charge < -0.3 is 5.32 Å². The zero-order valence-electron chi connectivity index (χ0n) is 17.7. The molecule has 2 aliphatic rings. The van der Waals surface area contributed by atoms with Crippen LogP contribution in [0.1, 0.15) is 36.5 Å². The summed E-state index contributed by atoms with van der Waals surface area (Å²) in [6.45, 7) is 1.47. The maximum atomic E-state index is 13.0. The van der Waals surface area contributed by atoms with E-state index in [1.54, 1.807) is 53.4 Å². The highest BCUT2D eigenvalue weighted by Gasteiger charge is 2.46. The number of amidine groups is 1. The third-order valence-corrected chi connectivity index (χ3v) is 6.99. The lowest BCUT2D eigenvalue weighted by Crippen LogP contribution is -2.35. The number of alkyl halides is 2. The van der Waals surface area contributed by atoms with Gasteiger partial charge in [0.1, 0.15) is 5.25 Å². The molecular formula is C23H21F2N3O3S2. The van der Waals surface area contributed by atoms with E-state index < -0.39 is 11.0 Å². The van der Waals surface area contributed by atoms with E-state index in [2.05, 4.69) is 10.3 Å². The summed E-state index contributed by atoms with van der Waals surface area (Å²) in [5, 5.41) is 2.70. The number of thioether (sulfide) groups is 2. The Labute approximate surface area is 198 Å². The predicted molar refractivity (Wildman–Crippen MR) is 126 cm³/mol. The first-order valence-electron chi connectivity index (χ1n) is 10.3. The summed E-state index contributed by atoms with van der Waals surface area (Å²) in [4.78, 5) is 43.6. The highest BCUT2D eigenvalue weighted by molar-refractivity contribution is 8.15. The molecule has 2 aromatic rings. The molecule has 2 amide bonds. The number of anilines is 1. The molecular weight excluding hydrogens is 468 g/mol. The van der Waals surface area contributed by atoms with Crippen LogP contribution in [0.15, 0.2) is 58.4 Å². The molecule has 1 unspecified atom stereocenters. The molecule has 0 spiro atoms. The van der Waals surface area contributed by atoms with Crippen LogP contribution < -0.4 is 5.32 Å². The maximum Gasteiger partial charge on any atom is 0.288 e. The first kappa shape index (κ1) is 23.4. The standard InChI is InChI=1S/C23H21F2N3O3S2/c1-13(29)14-2-4-15(5-3-14)26-20(30)12-19-21(31)28(17-8-9-17)23(33-19)27-16-6-10-18(11-7-16)32-22(24)25/h2-7,10-11,17,19,22H,8-9,12H2,1H3,(H,26,30). The van der Waals surface area contributed by atoms with E-state index in [1.807, 2.05) is 0 Å². The number of nitrogens with zero attached hydrogens (tertiary/aromatic N) is 2. The number of carbonyl (C=O) groups excluding carboxylic acids is 3. The largest absolute Gasteiger partial charge is 0.326 e. The molecule has 1 atom stereocenters. The lowest BCUT2D eigenvalue weighted by molar-refractivity contribution is -0.128. The number of rotatable bonds is 8. The summed E-state index contributed by atoms with van der Waals surface area (Å²) < 4.78 is 25.0. The first-order valence-corrected chi connectivity index (χ1v) is 12.1. The van der Waals surface area contributed by atoms with Crippen molar-refractivity contribution >= 4 is 57.7 Å². The SMILES string of the molecule is CC(=O)c1ccc(NC(=O)CC2SC(=Nc3ccc(SC(F)F)cc3)N(C3CC3)C2=O)cc1. The maximum absolute atomic E-state index is 13.0. The molecule has 6 nitrogen and oxygen atoms in total. The third-order valence-electron chi connectivity index (χ3n) is 5.11. The van der Waals surface area contributed by atoms with E-state index in [-0.39, 0.29) is 30.1 Å². The summed E-state index contributed by atoms with van der Waals surface area (Å²) in [5.74, 6) is -3.00. The molecule has 0 bridgehead atoms. The number of hydrogen-bond acceptors (Lipinski definition) is 6. The molecule has 172 valence electrons. The van der Waals surface area contributed by atoms with Crippen LogP contribution in [0.25, 0.3) is 0 Å². The predicted octanol–water partition coefficient (Wildman–Crippen LogP) is 5.33. The molecule has 0 radical (unpaired) electrons. The van der Waals surface area contributed by atoms with Crippen molar-refractivity contribution in [3.05, 3.63) is 54.1 Å². The average Bonchev–Trinajstić information content (AvgIpc) is 3.55. The van der Waals surface area contributed by atoms with Crippen molar-refractivity contribution in [2.75, 3.05) is 5.32 Å². The van der Waals surface area contributed by atoms with Crippen molar-refractivity contribution in [2.45, 2.75) is 48.1 Å². The first-order chi connectivity index (χ1) is 15.8. The van der Waals surface area contributed by atoms with E-state index in [1.165, 1.54) is 18.7 Å². The molecule has 1 saturated carbocycles. The van der Waals surface area contributed by atoms with Gasteiger partial charge in [-0.2, -0.15) is 8.78 Å². The molecule has 2 aromatic carbocycles. The van der Waals surface area contributed by atoms with Gasteiger partial charge in [0.15, 0.2) is 11.0 Å². The third kappa shape index (κ3) is 6.00. The Morgan fingerprint density at radius 2 is 1.82 bits per heavy atom. The summed E-state index contributed by atoms with van der Waals surface area (Å²) in [6, 6.07) is 13.1. The van der Waals surface area contributed by atoms with Gasteiger partial charge in [0.25, 0.3) is 5.76 Å². The Morgan fingerprint density at radius 3 is 2.39 bits per heavy atom. The minimum absolute atomic E-state index is 0.00976. The number of Topliss-reactive ketones (excluding diaryl/α,β-unsaturated/α-hetero) is 1. The average molecular weight is 490 g/mol. The molecule has 0 aromatic heterocycles. The summed E-state index contributed by atoms with van der Waals surface area (Å²) in [7, 11) is 0. The molecule has 1 aliphatic heterocycles. The normalized spacial score (nSPS) is 19.4. The van der Waals surface area contributed by atoms with Crippen LogP contribution in [0.4, 0.5) is 20.2 Å². The zero-order chi connectivity index (χ0) is 23.5. The van der Waals surface area contributed by atoms with Crippen LogP contribution in [0.2, 0.25) is 0 Å². The Bertz CT molecular complexity index is 1090. The van der Waals surface area contributed by atoms with Gasteiger partial charge in [-0.3, -0.25) is 19.3 Å². The fourth-order valence-corrected chi connectivity index (χ4v) is 5.06. The van der Waals surface area contributed by atoms with Gasteiger partial charge in [-0.15, -0.1) is 0 Å². The Balaban J connectivity index is 1.43. The summed E-state index contributed by atoms with van der Waals surface area (Å²) >= 11 is 1.71. The topological polar surface area (TPSA) is 78.8 Å². The zero-order valence-corrected chi connectivity index (χ0v) is 19.3. The lowest BCUT2D eigenvalue weighted by atomic mass is 10.1. The molecule has 10 heteroatoms. The van der Waals surface area contributed by atoms with E-state index in [9.17, 15) is 23.2 Å². The number of carbonyl (C=O) groups is 3. The second-order valence-corrected chi connectivity index (χ2v) is 9.93. The molecule has 33 heavy (non-hydrogen) atoms. The fraction of sp³-hybridized carbons (Fsp3) is 0.304. The van der Waals surface area contributed by atoms with Crippen LogP contribution >= 0.6 is 23.5 Å². The van der Waals surface area contributed by atoms with Gasteiger partial charge in [0.05, 0.1) is 5.69 Å². The van der Waals surface area contributed by atoms with Gasteiger partial charge in [0, 0.05) is 28.6 Å².